The molecule has 0 aliphatic carbocycles. The summed E-state index contributed by atoms with van der Waals surface area (Å²) in [5.74, 6) is 0.984. The molecule has 4 heteroatoms. The van der Waals surface area contributed by atoms with Gasteiger partial charge in [-0.15, -0.1) is 11.8 Å². The second kappa shape index (κ2) is 6.31. The second-order valence-electron chi connectivity index (χ2n) is 2.31. The van der Waals surface area contributed by atoms with E-state index >= 15 is 0 Å². The highest BCUT2D eigenvalue weighted by atomic mass is 32.2. The Bertz CT molecular complexity index is 141. The van der Waals surface area contributed by atoms with Crippen LogP contribution in [0.1, 0.15) is 20.8 Å². The Kier molecular flexibility index (Phi) is 6.20. The van der Waals surface area contributed by atoms with Gasteiger partial charge in [0.15, 0.2) is 0 Å². The lowest BCUT2D eigenvalue weighted by Crippen LogP contribution is -2.41. The third kappa shape index (κ3) is 3.45. The zero-order valence-corrected chi connectivity index (χ0v) is 8.99. The van der Waals surface area contributed by atoms with Crippen molar-refractivity contribution in [1.82, 2.24) is 10.6 Å². The predicted octanol–water partition coefficient (Wildman–Crippen LogP) is 0.810. The van der Waals surface area contributed by atoms with Crippen LogP contribution < -0.4 is 10.6 Å². The van der Waals surface area contributed by atoms with E-state index in [1.807, 2.05) is 13.8 Å². The number of likely N-dealkylation sites (N-methyl/N-ethyl adjacent to an activating group) is 1. The molecule has 1 rings (SSSR count). The number of nitrogens with one attached hydrogen (secondary N) is 2. The number of hydrogen-bond acceptors (Lipinski definition) is 3. The first-order valence-corrected chi connectivity index (χ1v) is 5.38. The SMILES string of the molecule is CC.CNC(=O)C1CSC(C)N1. The molecule has 1 amide bonds. The van der Waals surface area contributed by atoms with Crippen LogP contribution in [-0.4, -0.2) is 30.1 Å². The first-order chi connectivity index (χ1) is 5.74. The van der Waals surface area contributed by atoms with E-state index in [1.54, 1.807) is 18.8 Å². The molecular weight excluding hydrogens is 172 g/mol. The van der Waals surface area contributed by atoms with Crippen molar-refractivity contribution in [2.45, 2.75) is 32.2 Å². The number of amides is 1. The molecule has 1 aliphatic rings. The molecule has 1 heterocycles. The van der Waals surface area contributed by atoms with E-state index in [9.17, 15) is 4.79 Å². The van der Waals surface area contributed by atoms with Crippen LogP contribution in [0, 0.1) is 0 Å². The molecule has 2 atom stereocenters. The summed E-state index contributed by atoms with van der Waals surface area (Å²) in [5, 5.41) is 6.19. The molecule has 0 spiro atoms. The van der Waals surface area contributed by atoms with Crippen molar-refractivity contribution in [3.63, 3.8) is 0 Å². The second-order valence-corrected chi connectivity index (χ2v) is 3.68. The number of carbonyl (C=O) groups is 1. The Balaban J connectivity index is 0.000000561. The summed E-state index contributed by atoms with van der Waals surface area (Å²) in [4.78, 5) is 11.0. The highest BCUT2D eigenvalue weighted by Crippen LogP contribution is 2.17. The molecule has 2 N–H and O–H groups in total. The monoisotopic (exact) mass is 190 g/mol. The van der Waals surface area contributed by atoms with Crippen molar-refractivity contribution in [2.24, 2.45) is 0 Å². The zero-order valence-electron chi connectivity index (χ0n) is 8.18. The van der Waals surface area contributed by atoms with Crippen LogP contribution in [0.4, 0.5) is 0 Å². The smallest absolute Gasteiger partial charge is 0.237 e. The predicted molar refractivity (Wildman–Crippen MR) is 54.3 cm³/mol. The van der Waals surface area contributed by atoms with Gasteiger partial charge in [0.1, 0.15) is 0 Å². The summed E-state index contributed by atoms with van der Waals surface area (Å²) < 4.78 is 0. The van der Waals surface area contributed by atoms with Crippen LogP contribution in [0.3, 0.4) is 0 Å². The minimum absolute atomic E-state index is 0.0185. The molecular formula is C8H18N2OS. The molecule has 1 fully saturated rings. The molecule has 0 saturated carbocycles. The van der Waals surface area contributed by atoms with Crippen molar-refractivity contribution in [3.05, 3.63) is 0 Å². The standard InChI is InChI=1S/C6H12N2OS.C2H6/c1-4-8-5(3-10-4)6(9)7-2;1-2/h4-5,8H,3H2,1-2H3,(H,7,9);1-2H3. The molecule has 12 heavy (non-hydrogen) atoms. The van der Waals surface area contributed by atoms with Crippen LogP contribution in [0.25, 0.3) is 0 Å². The molecule has 2 unspecified atom stereocenters. The Morgan fingerprint density at radius 1 is 1.58 bits per heavy atom. The fourth-order valence-electron chi connectivity index (χ4n) is 0.946. The van der Waals surface area contributed by atoms with Gasteiger partial charge in [-0.05, 0) is 6.92 Å². The summed E-state index contributed by atoms with van der Waals surface area (Å²) in [5.41, 5.74) is 0. The van der Waals surface area contributed by atoms with Gasteiger partial charge in [-0.2, -0.15) is 0 Å². The first kappa shape index (κ1) is 11.8. The lowest BCUT2D eigenvalue weighted by atomic mass is 10.3. The quantitative estimate of drug-likeness (QED) is 0.643. The fraction of sp³-hybridized carbons (Fsp3) is 0.875. The van der Waals surface area contributed by atoms with Crippen LogP contribution in [-0.2, 0) is 4.79 Å². The van der Waals surface area contributed by atoms with Crippen molar-refractivity contribution in [1.29, 1.82) is 0 Å². The van der Waals surface area contributed by atoms with Gasteiger partial charge in [-0.1, -0.05) is 13.8 Å². The minimum atomic E-state index is 0.0185. The largest absolute Gasteiger partial charge is 0.358 e. The zero-order chi connectivity index (χ0) is 9.56. The van der Waals surface area contributed by atoms with E-state index in [1.165, 1.54) is 0 Å². The molecule has 0 aromatic rings. The summed E-state index contributed by atoms with van der Waals surface area (Å²) in [6, 6.07) is 0.0185. The summed E-state index contributed by atoms with van der Waals surface area (Å²) >= 11 is 1.78. The molecule has 1 aliphatic heterocycles. The summed E-state index contributed by atoms with van der Waals surface area (Å²) in [6.45, 7) is 6.06. The first-order valence-electron chi connectivity index (χ1n) is 4.33. The number of carbonyl (C=O) groups excluding carboxylic acids is 1. The molecule has 0 radical (unpaired) electrons. The normalized spacial score (nSPS) is 27.3. The molecule has 0 aromatic carbocycles. The van der Waals surface area contributed by atoms with Crippen molar-refractivity contribution < 1.29 is 4.79 Å². The maximum Gasteiger partial charge on any atom is 0.237 e. The Morgan fingerprint density at radius 2 is 2.17 bits per heavy atom. The highest BCUT2D eigenvalue weighted by Gasteiger charge is 2.25. The maximum absolute atomic E-state index is 11.0. The van der Waals surface area contributed by atoms with Crippen molar-refractivity contribution in [3.8, 4) is 0 Å². The van der Waals surface area contributed by atoms with Gasteiger partial charge in [-0.3, -0.25) is 10.1 Å². The van der Waals surface area contributed by atoms with E-state index in [-0.39, 0.29) is 11.9 Å². The van der Waals surface area contributed by atoms with E-state index < -0.39 is 0 Å². The van der Waals surface area contributed by atoms with Gasteiger partial charge in [0.2, 0.25) is 5.91 Å². The van der Waals surface area contributed by atoms with Crippen LogP contribution >= 0.6 is 11.8 Å². The van der Waals surface area contributed by atoms with Crippen molar-refractivity contribution >= 4 is 17.7 Å². The fourth-order valence-corrected chi connectivity index (χ4v) is 1.93. The summed E-state index contributed by atoms with van der Waals surface area (Å²) in [6.07, 6.45) is 0. The lowest BCUT2D eigenvalue weighted by molar-refractivity contribution is -0.122. The van der Waals surface area contributed by atoms with E-state index in [0.717, 1.165) is 5.75 Å². The van der Waals surface area contributed by atoms with Crippen molar-refractivity contribution in [2.75, 3.05) is 12.8 Å². The third-order valence-electron chi connectivity index (χ3n) is 1.51. The van der Waals surface area contributed by atoms with Crippen LogP contribution in [0.5, 0.6) is 0 Å². The maximum atomic E-state index is 11.0. The van der Waals surface area contributed by atoms with Gasteiger partial charge in [-0.25, -0.2) is 0 Å². The Labute approximate surface area is 78.7 Å². The van der Waals surface area contributed by atoms with Crippen LogP contribution in [0.2, 0.25) is 0 Å². The Morgan fingerprint density at radius 3 is 2.50 bits per heavy atom. The highest BCUT2D eigenvalue weighted by molar-refractivity contribution is 8.00. The average molecular weight is 190 g/mol. The number of hydrogen-bond donors (Lipinski definition) is 2. The van der Waals surface area contributed by atoms with Gasteiger partial charge >= 0.3 is 0 Å². The van der Waals surface area contributed by atoms with E-state index in [4.69, 9.17) is 0 Å². The summed E-state index contributed by atoms with van der Waals surface area (Å²) in [7, 11) is 1.66. The van der Waals surface area contributed by atoms with E-state index in [2.05, 4.69) is 17.6 Å². The third-order valence-corrected chi connectivity index (χ3v) is 2.67. The lowest BCUT2D eigenvalue weighted by Gasteiger charge is -2.07. The molecule has 0 aromatic heterocycles. The topological polar surface area (TPSA) is 41.1 Å². The Hall–Kier alpha value is -0.220. The van der Waals surface area contributed by atoms with Gasteiger partial charge in [0, 0.05) is 12.8 Å². The van der Waals surface area contributed by atoms with Crippen LogP contribution in [0.15, 0.2) is 0 Å². The minimum Gasteiger partial charge on any atom is -0.358 e. The molecule has 1 saturated heterocycles. The molecule has 3 nitrogen and oxygen atoms in total. The van der Waals surface area contributed by atoms with Gasteiger partial charge in [0.05, 0.1) is 11.4 Å². The van der Waals surface area contributed by atoms with Gasteiger partial charge < -0.3 is 5.32 Å². The molecule has 0 bridgehead atoms. The number of rotatable bonds is 1. The average Bonchev–Trinajstić information content (AvgIpc) is 2.54. The van der Waals surface area contributed by atoms with E-state index in [0.29, 0.717) is 5.37 Å². The number of thioether (sulfide) groups is 1. The molecule has 72 valence electrons. The van der Waals surface area contributed by atoms with Gasteiger partial charge in [0.25, 0.3) is 0 Å².